The summed E-state index contributed by atoms with van der Waals surface area (Å²) in [5.74, 6) is 2.10. The molecule has 0 spiro atoms. The first-order chi connectivity index (χ1) is 8.83. The highest BCUT2D eigenvalue weighted by atomic mass is 32.1. The summed E-state index contributed by atoms with van der Waals surface area (Å²) in [6.45, 7) is 3.72. The Balaban J connectivity index is 1.88. The molecule has 1 aliphatic rings. The third-order valence-corrected chi connectivity index (χ3v) is 4.32. The van der Waals surface area contributed by atoms with Crippen LogP contribution in [-0.4, -0.2) is 42.0 Å². The molecule has 0 bridgehead atoms. The summed E-state index contributed by atoms with van der Waals surface area (Å²) >= 11 is 4.50. The number of hydrogen-bond donors (Lipinski definition) is 2. The van der Waals surface area contributed by atoms with Crippen LogP contribution in [0.4, 0.5) is 0 Å². The highest BCUT2D eigenvalue weighted by Gasteiger charge is 2.24. The Morgan fingerprint density at radius 1 is 1.33 bits per heavy atom. The van der Waals surface area contributed by atoms with Crippen molar-refractivity contribution < 1.29 is 5.11 Å². The minimum Gasteiger partial charge on any atom is -0.396 e. The number of benzene rings is 1. The van der Waals surface area contributed by atoms with E-state index in [0.29, 0.717) is 18.4 Å². The molecule has 1 aromatic rings. The van der Waals surface area contributed by atoms with Gasteiger partial charge in [0.25, 0.3) is 0 Å². The van der Waals surface area contributed by atoms with Gasteiger partial charge in [-0.05, 0) is 36.6 Å². The molecule has 2 unspecified atom stereocenters. The predicted molar refractivity (Wildman–Crippen MR) is 79.3 cm³/mol. The summed E-state index contributed by atoms with van der Waals surface area (Å²) in [6, 6.07) is 10.7. The zero-order chi connectivity index (χ0) is 12.8. The average molecular weight is 265 g/mol. The molecule has 0 aliphatic carbocycles. The van der Waals surface area contributed by atoms with Crippen LogP contribution in [0.5, 0.6) is 0 Å². The van der Waals surface area contributed by atoms with Crippen molar-refractivity contribution in [2.24, 2.45) is 5.92 Å². The van der Waals surface area contributed by atoms with E-state index in [9.17, 15) is 0 Å². The SMILES string of the molecule is OCCC1CCN(CC(CS)c2ccccc2)C1. The van der Waals surface area contributed by atoms with Crippen molar-refractivity contribution in [3.8, 4) is 0 Å². The van der Waals surface area contributed by atoms with Crippen molar-refractivity contribution in [1.29, 1.82) is 0 Å². The predicted octanol–water partition coefficient (Wildman–Crippen LogP) is 2.40. The van der Waals surface area contributed by atoms with Gasteiger partial charge in [-0.1, -0.05) is 30.3 Å². The minimum atomic E-state index is 0.327. The molecule has 1 saturated heterocycles. The lowest BCUT2D eigenvalue weighted by atomic mass is 10.0. The first kappa shape index (κ1) is 13.9. The number of thiol groups is 1. The highest BCUT2D eigenvalue weighted by molar-refractivity contribution is 7.80. The Hall–Kier alpha value is -0.510. The van der Waals surface area contributed by atoms with Gasteiger partial charge in [-0.3, -0.25) is 0 Å². The molecule has 0 saturated carbocycles. The Kier molecular flexibility index (Phi) is 5.54. The molecule has 0 aromatic heterocycles. The third-order valence-electron chi connectivity index (χ3n) is 3.88. The fourth-order valence-corrected chi connectivity index (χ4v) is 3.13. The number of aliphatic hydroxyl groups is 1. The lowest BCUT2D eigenvalue weighted by molar-refractivity contribution is 0.249. The number of aliphatic hydroxyl groups excluding tert-OH is 1. The van der Waals surface area contributed by atoms with Gasteiger partial charge in [-0.15, -0.1) is 0 Å². The van der Waals surface area contributed by atoms with Gasteiger partial charge in [0.05, 0.1) is 0 Å². The van der Waals surface area contributed by atoms with E-state index in [0.717, 1.165) is 25.3 Å². The second kappa shape index (κ2) is 7.17. The molecule has 1 heterocycles. The molecule has 2 rings (SSSR count). The maximum Gasteiger partial charge on any atom is 0.0434 e. The zero-order valence-corrected chi connectivity index (χ0v) is 11.7. The van der Waals surface area contributed by atoms with Gasteiger partial charge in [0.15, 0.2) is 0 Å². The van der Waals surface area contributed by atoms with Crippen LogP contribution in [-0.2, 0) is 0 Å². The number of nitrogens with zero attached hydrogens (tertiary/aromatic N) is 1. The maximum absolute atomic E-state index is 8.99. The van der Waals surface area contributed by atoms with E-state index in [1.165, 1.54) is 18.5 Å². The summed E-state index contributed by atoms with van der Waals surface area (Å²) in [5, 5.41) is 8.99. The van der Waals surface area contributed by atoms with Gasteiger partial charge in [0.1, 0.15) is 0 Å². The standard InChI is InChI=1S/C15H23NOS/c17-9-7-13-6-8-16(10-13)11-15(12-18)14-4-2-1-3-5-14/h1-5,13,15,17-18H,6-12H2. The normalized spacial score (nSPS) is 22.2. The molecule has 1 aromatic carbocycles. The molecule has 2 atom stereocenters. The van der Waals surface area contributed by atoms with Crippen LogP contribution in [0.2, 0.25) is 0 Å². The van der Waals surface area contributed by atoms with Crippen molar-refractivity contribution in [1.82, 2.24) is 4.90 Å². The Morgan fingerprint density at radius 2 is 2.11 bits per heavy atom. The highest BCUT2D eigenvalue weighted by Crippen LogP contribution is 2.24. The van der Waals surface area contributed by atoms with Crippen LogP contribution in [0.1, 0.15) is 24.3 Å². The monoisotopic (exact) mass is 265 g/mol. The summed E-state index contributed by atoms with van der Waals surface area (Å²) in [7, 11) is 0. The van der Waals surface area contributed by atoms with Gasteiger partial charge < -0.3 is 10.0 Å². The molecule has 3 heteroatoms. The molecule has 1 fully saturated rings. The van der Waals surface area contributed by atoms with Crippen LogP contribution >= 0.6 is 12.6 Å². The minimum absolute atomic E-state index is 0.327. The molecular formula is C15H23NOS. The van der Waals surface area contributed by atoms with E-state index in [2.05, 4.69) is 47.9 Å². The second-order valence-electron chi connectivity index (χ2n) is 5.22. The molecule has 0 amide bonds. The Morgan fingerprint density at radius 3 is 2.78 bits per heavy atom. The molecule has 18 heavy (non-hydrogen) atoms. The molecule has 2 nitrogen and oxygen atoms in total. The van der Waals surface area contributed by atoms with Crippen LogP contribution in [0.3, 0.4) is 0 Å². The van der Waals surface area contributed by atoms with E-state index in [1.54, 1.807) is 0 Å². The smallest absolute Gasteiger partial charge is 0.0434 e. The van der Waals surface area contributed by atoms with Gasteiger partial charge in [0.2, 0.25) is 0 Å². The lowest BCUT2D eigenvalue weighted by Gasteiger charge is -2.23. The lowest BCUT2D eigenvalue weighted by Crippen LogP contribution is -2.27. The van der Waals surface area contributed by atoms with E-state index in [1.807, 2.05) is 0 Å². The molecular weight excluding hydrogens is 242 g/mol. The molecule has 1 N–H and O–H groups in total. The average Bonchev–Trinajstić information content (AvgIpc) is 2.85. The number of rotatable bonds is 6. The van der Waals surface area contributed by atoms with Crippen molar-refractivity contribution >= 4 is 12.6 Å². The topological polar surface area (TPSA) is 23.5 Å². The van der Waals surface area contributed by atoms with E-state index in [4.69, 9.17) is 5.11 Å². The molecule has 100 valence electrons. The van der Waals surface area contributed by atoms with E-state index >= 15 is 0 Å². The van der Waals surface area contributed by atoms with E-state index < -0.39 is 0 Å². The number of likely N-dealkylation sites (tertiary alicyclic amines) is 1. The Labute approximate surface area is 115 Å². The van der Waals surface area contributed by atoms with Gasteiger partial charge >= 0.3 is 0 Å². The van der Waals surface area contributed by atoms with Crippen LogP contribution in [0.15, 0.2) is 30.3 Å². The number of hydrogen-bond acceptors (Lipinski definition) is 3. The van der Waals surface area contributed by atoms with Crippen LogP contribution in [0.25, 0.3) is 0 Å². The first-order valence-corrected chi connectivity index (χ1v) is 7.45. The summed E-state index contributed by atoms with van der Waals surface area (Å²) in [5.41, 5.74) is 1.39. The summed E-state index contributed by atoms with van der Waals surface area (Å²) in [4.78, 5) is 2.52. The Bertz CT molecular complexity index is 344. The fourth-order valence-electron chi connectivity index (χ4n) is 2.80. The van der Waals surface area contributed by atoms with Crippen molar-refractivity contribution in [2.45, 2.75) is 18.8 Å². The zero-order valence-electron chi connectivity index (χ0n) is 10.8. The molecule has 1 aliphatic heterocycles. The van der Waals surface area contributed by atoms with E-state index in [-0.39, 0.29) is 0 Å². The first-order valence-electron chi connectivity index (χ1n) is 6.82. The summed E-state index contributed by atoms with van der Waals surface area (Å²) in [6.07, 6.45) is 2.18. The second-order valence-corrected chi connectivity index (χ2v) is 5.58. The van der Waals surface area contributed by atoms with Crippen LogP contribution in [0, 0.1) is 5.92 Å². The third kappa shape index (κ3) is 3.74. The van der Waals surface area contributed by atoms with Gasteiger partial charge in [0, 0.05) is 25.6 Å². The fraction of sp³-hybridized carbons (Fsp3) is 0.600. The van der Waals surface area contributed by atoms with Gasteiger partial charge in [-0.25, -0.2) is 0 Å². The quantitative estimate of drug-likeness (QED) is 0.772. The molecule has 0 radical (unpaired) electrons. The van der Waals surface area contributed by atoms with Crippen molar-refractivity contribution in [2.75, 3.05) is 32.0 Å². The maximum atomic E-state index is 8.99. The van der Waals surface area contributed by atoms with Crippen molar-refractivity contribution in [3.63, 3.8) is 0 Å². The van der Waals surface area contributed by atoms with Crippen LogP contribution < -0.4 is 0 Å². The summed E-state index contributed by atoms with van der Waals surface area (Å²) < 4.78 is 0. The van der Waals surface area contributed by atoms with Gasteiger partial charge in [-0.2, -0.15) is 12.6 Å². The van der Waals surface area contributed by atoms with Crippen molar-refractivity contribution in [3.05, 3.63) is 35.9 Å². The largest absolute Gasteiger partial charge is 0.396 e.